The van der Waals surface area contributed by atoms with Gasteiger partial charge in [0, 0.05) is 11.1 Å². The van der Waals surface area contributed by atoms with Crippen LogP contribution in [-0.4, -0.2) is 26.3 Å². The van der Waals surface area contributed by atoms with Gasteiger partial charge in [0.1, 0.15) is 5.69 Å². The second-order valence-electron chi connectivity index (χ2n) is 5.94. The van der Waals surface area contributed by atoms with E-state index in [1.165, 1.54) is 0 Å². The smallest absolute Gasteiger partial charge is 0.356 e. The van der Waals surface area contributed by atoms with Crippen molar-refractivity contribution in [1.29, 1.82) is 0 Å². The number of rotatable bonds is 5. The molecule has 0 spiro atoms. The van der Waals surface area contributed by atoms with Crippen LogP contribution in [0.5, 0.6) is 0 Å². The normalized spacial score (nSPS) is 10.7. The highest BCUT2D eigenvalue weighted by Gasteiger charge is 2.15. The molecule has 1 N–H and O–H groups in total. The van der Waals surface area contributed by atoms with E-state index in [1.54, 1.807) is 6.07 Å². The maximum Gasteiger partial charge on any atom is 0.356 e. The summed E-state index contributed by atoms with van der Waals surface area (Å²) in [7, 11) is 0. The van der Waals surface area contributed by atoms with Crippen LogP contribution in [0, 0.1) is 6.92 Å². The lowest BCUT2D eigenvalue weighted by molar-refractivity contribution is 0.0423. The Bertz CT molecular complexity index is 1070. The second kappa shape index (κ2) is 7.25. The summed E-state index contributed by atoms with van der Waals surface area (Å²) in [6, 6.07) is 18.9. The number of aromatic amines is 1. The van der Waals surface area contributed by atoms with Crippen LogP contribution in [0.1, 0.15) is 21.9 Å². The number of nitrogens with zero attached hydrogens (tertiary/aromatic N) is 3. The van der Waals surface area contributed by atoms with Gasteiger partial charge in [-0.1, -0.05) is 59.8 Å². The molecule has 0 amide bonds. The van der Waals surface area contributed by atoms with E-state index in [4.69, 9.17) is 9.26 Å². The van der Waals surface area contributed by atoms with Crippen LogP contribution in [0.3, 0.4) is 0 Å². The third-order valence-electron chi connectivity index (χ3n) is 4.05. The first kappa shape index (κ1) is 16.7. The molecule has 0 aliphatic rings. The molecule has 134 valence electrons. The molecular weight excluding hydrogens is 344 g/mol. The summed E-state index contributed by atoms with van der Waals surface area (Å²) in [5, 5.41) is 10.8. The third kappa shape index (κ3) is 3.62. The van der Waals surface area contributed by atoms with Crippen LogP contribution in [-0.2, 0) is 11.3 Å². The number of ether oxygens (including phenoxy) is 1. The molecule has 0 atom stereocenters. The van der Waals surface area contributed by atoms with Crippen LogP contribution in [0.4, 0.5) is 0 Å². The quantitative estimate of drug-likeness (QED) is 0.544. The van der Waals surface area contributed by atoms with Crippen molar-refractivity contribution in [3.05, 3.63) is 77.8 Å². The van der Waals surface area contributed by atoms with Crippen molar-refractivity contribution in [2.75, 3.05) is 0 Å². The maximum atomic E-state index is 12.2. The zero-order chi connectivity index (χ0) is 18.6. The van der Waals surface area contributed by atoms with E-state index in [-0.39, 0.29) is 18.2 Å². The lowest BCUT2D eigenvalue weighted by Crippen LogP contribution is -2.05. The first-order chi connectivity index (χ1) is 13.2. The first-order valence-corrected chi connectivity index (χ1v) is 8.37. The van der Waals surface area contributed by atoms with Crippen LogP contribution < -0.4 is 0 Å². The molecule has 0 radical (unpaired) electrons. The van der Waals surface area contributed by atoms with Crippen molar-refractivity contribution >= 4 is 5.97 Å². The monoisotopic (exact) mass is 360 g/mol. The van der Waals surface area contributed by atoms with Gasteiger partial charge in [-0.05, 0) is 18.6 Å². The summed E-state index contributed by atoms with van der Waals surface area (Å²) < 4.78 is 10.4. The highest BCUT2D eigenvalue weighted by Crippen LogP contribution is 2.20. The fourth-order valence-electron chi connectivity index (χ4n) is 2.63. The van der Waals surface area contributed by atoms with Crippen molar-refractivity contribution in [2.24, 2.45) is 0 Å². The van der Waals surface area contributed by atoms with Gasteiger partial charge in [0.15, 0.2) is 6.61 Å². The molecule has 0 unspecified atom stereocenters. The van der Waals surface area contributed by atoms with E-state index < -0.39 is 5.97 Å². The van der Waals surface area contributed by atoms with Gasteiger partial charge < -0.3 is 9.26 Å². The van der Waals surface area contributed by atoms with E-state index in [0.717, 1.165) is 16.7 Å². The van der Waals surface area contributed by atoms with Crippen molar-refractivity contribution in [2.45, 2.75) is 13.5 Å². The Morgan fingerprint density at radius 2 is 1.89 bits per heavy atom. The second-order valence-corrected chi connectivity index (χ2v) is 5.94. The molecule has 4 aromatic rings. The number of carbonyl (C=O) groups is 1. The summed E-state index contributed by atoms with van der Waals surface area (Å²) in [4.78, 5) is 16.5. The number of hydrogen-bond donors (Lipinski definition) is 1. The number of aromatic nitrogens is 4. The van der Waals surface area contributed by atoms with E-state index in [1.807, 2.05) is 61.5 Å². The topological polar surface area (TPSA) is 93.9 Å². The molecule has 2 aromatic heterocycles. The molecule has 2 heterocycles. The highest BCUT2D eigenvalue weighted by atomic mass is 16.6. The zero-order valence-electron chi connectivity index (χ0n) is 14.5. The van der Waals surface area contributed by atoms with Crippen molar-refractivity contribution in [3.8, 4) is 22.6 Å². The number of benzene rings is 2. The summed E-state index contributed by atoms with van der Waals surface area (Å²) in [6.45, 7) is 1.85. The molecule has 0 fully saturated rings. The molecule has 2 aromatic carbocycles. The average Bonchev–Trinajstić information content (AvgIpc) is 3.37. The predicted molar refractivity (Wildman–Crippen MR) is 97.6 cm³/mol. The summed E-state index contributed by atoms with van der Waals surface area (Å²) in [5.41, 5.74) is 3.75. The van der Waals surface area contributed by atoms with Crippen LogP contribution in [0.2, 0.25) is 0 Å². The molecule has 7 heteroatoms. The summed E-state index contributed by atoms with van der Waals surface area (Å²) in [6.07, 6.45) is 0. The van der Waals surface area contributed by atoms with Crippen molar-refractivity contribution in [1.82, 2.24) is 20.3 Å². The third-order valence-corrected chi connectivity index (χ3v) is 4.05. The summed E-state index contributed by atoms with van der Waals surface area (Å²) >= 11 is 0. The summed E-state index contributed by atoms with van der Waals surface area (Å²) in [5.74, 6) is 0.150. The predicted octanol–water partition coefficient (Wildman–Crippen LogP) is 3.79. The molecule has 4 rings (SSSR count). The molecule has 0 saturated carbocycles. The average molecular weight is 360 g/mol. The van der Waals surface area contributed by atoms with Crippen molar-refractivity contribution in [3.63, 3.8) is 0 Å². The Hall–Kier alpha value is -3.74. The standard InChI is InChI=1S/C20H16N4O3/c1-13-7-5-6-10-15(13)19-21-18(27-24-19)12-26-20(25)17-11-16(22-23-17)14-8-3-2-4-9-14/h2-11H,12H2,1H3,(H,22,23). The van der Waals surface area contributed by atoms with Gasteiger partial charge in [-0.15, -0.1) is 0 Å². The largest absolute Gasteiger partial charge is 0.451 e. The Kier molecular flexibility index (Phi) is 4.49. The minimum absolute atomic E-state index is 0.114. The van der Waals surface area contributed by atoms with E-state index in [9.17, 15) is 4.79 Å². The Labute approximate surface area is 155 Å². The molecule has 27 heavy (non-hydrogen) atoms. The number of H-pyrrole nitrogens is 1. The Balaban J connectivity index is 1.42. The molecular formula is C20H16N4O3. The fourth-order valence-corrected chi connectivity index (χ4v) is 2.63. The number of nitrogens with one attached hydrogen (secondary N) is 1. The van der Waals surface area contributed by atoms with Gasteiger partial charge in [-0.2, -0.15) is 10.1 Å². The molecule has 0 aliphatic heterocycles. The molecule has 7 nitrogen and oxygen atoms in total. The number of aryl methyl sites for hydroxylation is 1. The van der Waals surface area contributed by atoms with Gasteiger partial charge in [-0.25, -0.2) is 4.79 Å². The molecule has 0 bridgehead atoms. The van der Waals surface area contributed by atoms with Gasteiger partial charge >= 0.3 is 5.97 Å². The lowest BCUT2D eigenvalue weighted by Gasteiger charge is -1.99. The fraction of sp³-hybridized carbons (Fsp3) is 0.100. The maximum absolute atomic E-state index is 12.2. The van der Waals surface area contributed by atoms with E-state index >= 15 is 0 Å². The van der Waals surface area contributed by atoms with Gasteiger partial charge in [-0.3, -0.25) is 5.10 Å². The first-order valence-electron chi connectivity index (χ1n) is 8.37. The lowest BCUT2D eigenvalue weighted by atomic mass is 10.1. The van der Waals surface area contributed by atoms with Crippen molar-refractivity contribution < 1.29 is 14.1 Å². The van der Waals surface area contributed by atoms with Gasteiger partial charge in [0.05, 0.1) is 5.69 Å². The van der Waals surface area contributed by atoms with Crippen LogP contribution >= 0.6 is 0 Å². The van der Waals surface area contributed by atoms with Gasteiger partial charge in [0.2, 0.25) is 5.82 Å². The minimum Gasteiger partial charge on any atom is -0.451 e. The molecule has 0 saturated heterocycles. The van der Waals surface area contributed by atoms with E-state index in [0.29, 0.717) is 11.5 Å². The minimum atomic E-state index is -0.541. The number of carbonyl (C=O) groups excluding carboxylic acids is 1. The van der Waals surface area contributed by atoms with Gasteiger partial charge in [0.25, 0.3) is 5.89 Å². The highest BCUT2D eigenvalue weighted by molar-refractivity contribution is 5.88. The van der Waals surface area contributed by atoms with Crippen LogP contribution in [0.15, 0.2) is 65.2 Å². The molecule has 0 aliphatic carbocycles. The Morgan fingerprint density at radius 1 is 1.11 bits per heavy atom. The van der Waals surface area contributed by atoms with E-state index in [2.05, 4.69) is 20.3 Å². The van der Waals surface area contributed by atoms with Crippen LogP contribution in [0.25, 0.3) is 22.6 Å². The zero-order valence-corrected chi connectivity index (χ0v) is 14.5. The number of esters is 1. The SMILES string of the molecule is Cc1ccccc1-c1noc(COC(=O)c2cc(-c3ccccc3)n[nH]2)n1. The number of hydrogen-bond acceptors (Lipinski definition) is 6. The Morgan fingerprint density at radius 3 is 2.70 bits per heavy atom.